The van der Waals surface area contributed by atoms with E-state index in [1.165, 1.54) is 11.1 Å². The molecule has 1 heterocycles. The number of nitrogens with zero attached hydrogens (tertiary/aromatic N) is 3. The van der Waals surface area contributed by atoms with Gasteiger partial charge in [-0.15, -0.1) is 0 Å². The van der Waals surface area contributed by atoms with Gasteiger partial charge < -0.3 is 25.0 Å². The van der Waals surface area contributed by atoms with Gasteiger partial charge in [0.1, 0.15) is 5.82 Å². The lowest BCUT2D eigenvalue weighted by Crippen LogP contribution is -2.42. The summed E-state index contributed by atoms with van der Waals surface area (Å²) in [6, 6.07) is 23.4. The van der Waals surface area contributed by atoms with Crippen molar-refractivity contribution in [1.82, 2.24) is 15.3 Å². The average molecular weight is 490 g/mol. The Labute approximate surface area is 215 Å². The summed E-state index contributed by atoms with van der Waals surface area (Å²) < 4.78 is 12.3. The molecule has 1 aliphatic rings. The lowest BCUT2D eigenvalue weighted by Gasteiger charge is -2.31. The summed E-state index contributed by atoms with van der Waals surface area (Å²) in [5.41, 5.74) is 2.36. The van der Waals surface area contributed by atoms with E-state index in [4.69, 9.17) is 9.47 Å². The van der Waals surface area contributed by atoms with Crippen LogP contribution < -0.4 is 15.5 Å². The second kappa shape index (κ2) is 13.9. The van der Waals surface area contributed by atoms with Crippen molar-refractivity contribution >= 4 is 11.8 Å². The first-order valence-corrected chi connectivity index (χ1v) is 12.9. The van der Waals surface area contributed by atoms with Crippen molar-refractivity contribution in [1.29, 1.82) is 0 Å². The second-order valence-electron chi connectivity index (χ2n) is 9.65. The fourth-order valence-electron chi connectivity index (χ4n) is 4.43. The average Bonchev–Trinajstić information content (AvgIpc) is 2.92. The van der Waals surface area contributed by atoms with Crippen molar-refractivity contribution in [2.24, 2.45) is 0 Å². The molecule has 36 heavy (non-hydrogen) atoms. The highest BCUT2D eigenvalue weighted by Crippen LogP contribution is 2.22. The van der Waals surface area contributed by atoms with Crippen molar-refractivity contribution in [3.05, 3.63) is 84.1 Å². The molecule has 3 aromatic rings. The van der Waals surface area contributed by atoms with E-state index in [0.717, 1.165) is 38.0 Å². The van der Waals surface area contributed by atoms with Gasteiger partial charge in [0.15, 0.2) is 0 Å². The summed E-state index contributed by atoms with van der Waals surface area (Å²) in [6.45, 7) is 2.52. The van der Waals surface area contributed by atoms with Crippen LogP contribution in [0.2, 0.25) is 0 Å². The summed E-state index contributed by atoms with van der Waals surface area (Å²) in [5, 5.41) is 7.27. The number of hydrogen-bond acceptors (Lipinski definition) is 7. The Morgan fingerprint density at radius 3 is 2.17 bits per heavy atom. The zero-order valence-corrected chi connectivity index (χ0v) is 21.5. The zero-order chi connectivity index (χ0) is 25.0. The Bertz CT molecular complexity index is 1010. The van der Waals surface area contributed by atoms with E-state index in [1.807, 2.05) is 67.7 Å². The van der Waals surface area contributed by atoms with Crippen LogP contribution >= 0.6 is 0 Å². The normalized spacial score (nSPS) is 18.5. The maximum absolute atomic E-state index is 6.27. The maximum Gasteiger partial charge on any atom is 0.224 e. The van der Waals surface area contributed by atoms with Crippen molar-refractivity contribution < 1.29 is 9.47 Å². The number of nitrogens with one attached hydrogen (secondary N) is 2. The predicted molar refractivity (Wildman–Crippen MR) is 145 cm³/mol. The highest BCUT2D eigenvalue weighted by molar-refractivity contribution is 5.41. The van der Waals surface area contributed by atoms with Gasteiger partial charge in [-0.3, -0.25) is 0 Å². The molecular weight excluding hydrogens is 450 g/mol. The first-order valence-electron chi connectivity index (χ1n) is 12.9. The zero-order valence-electron chi connectivity index (χ0n) is 21.5. The van der Waals surface area contributed by atoms with Crippen molar-refractivity contribution in [2.45, 2.75) is 57.1 Å². The standard InChI is InChI=1S/C29H39N5O2/c1-34(2)28-17-18-30-29(33-28)32-26-15-13-25(14-16-26)31-19-27(36-21-24-11-7-4-8-12-24)22-35-20-23-9-5-3-6-10-23/h3-12,17-18,25-27,31H,13-16,19-22H2,1-2H3,(H,30,32,33)/t25-,26+,27-/m0/s1. The molecule has 0 aliphatic heterocycles. The largest absolute Gasteiger partial charge is 0.374 e. The van der Waals surface area contributed by atoms with Gasteiger partial charge in [0.05, 0.1) is 25.9 Å². The highest BCUT2D eigenvalue weighted by atomic mass is 16.5. The maximum atomic E-state index is 6.27. The summed E-state index contributed by atoms with van der Waals surface area (Å²) in [4.78, 5) is 11.0. The summed E-state index contributed by atoms with van der Waals surface area (Å²) >= 11 is 0. The molecule has 1 aromatic heterocycles. The molecule has 2 aromatic carbocycles. The van der Waals surface area contributed by atoms with Crippen LogP contribution in [0.1, 0.15) is 36.8 Å². The molecule has 0 spiro atoms. The van der Waals surface area contributed by atoms with E-state index in [0.29, 0.717) is 37.9 Å². The molecule has 7 heteroatoms. The van der Waals surface area contributed by atoms with Crippen molar-refractivity contribution in [3.63, 3.8) is 0 Å². The van der Waals surface area contributed by atoms with Gasteiger partial charge in [-0.2, -0.15) is 4.98 Å². The molecule has 1 saturated carbocycles. The molecule has 192 valence electrons. The lowest BCUT2D eigenvalue weighted by molar-refractivity contribution is -0.0299. The molecule has 0 radical (unpaired) electrons. The smallest absolute Gasteiger partial charge is 0.224 e. The topological polar surface area (TPSA) is 71.5 Å². The van der Waals surface area contributed by atoms with Gasteiger partial charge in [-0.05, 0) is 42.9 Å². The van der Waals surface area contributed by atoms with Crippen LogP contribution in [0, 0.1) is 0 Å². The van der Waals surface area contributed by atoms with E-state index in [1.54, 1.807) is 0 Å². The first kappa shape index (κ1) is 26.1. The van der Waals surface area contributed by atoms with Crippen LogP contribution in [0.3, 0.4) is 0 Å². The van der Waals surface area contributed by atoms with E-state index < -0.39 is 0 Å². The third-order valence-corrected chi connectivity index (χ3v) is 6.54. The van der Waals surface area contributed by atoms with Crippen molar-refractivity contribution in [3.8, 4) is 0 Å². The number of rotatable bonds is 13. The fourth-order valence-corrected chi connectivity index (χ4v) is 4.43. The molecule has 0 saturated heterocycles. The number of hydrogen-bond donors (Lipinski definition) is 2. The highest BCUT2D eigenvalue weighted by Gasteiger charge is 2.23. The van der Waals surface area contributed by atoms with Gasteiger partial charge in [0.25, 0.3) is 0 Å². The van der Waals surface area contributed by atoms with Crippen LogP contribution in [0.25, 0.3) is 0 Å². The minimum atomic E-state index is -0.00746. The van der Waals surface area contributed by atoms with Gasteiger partial charge in [-0.1, -0.05) is 60.7 Å². The molecule has 0 bridgehead atoms. The molecule has 7 nitrogen and oxygen atoms in total. The quantitative estimate of drug-likeness (QED) is 0.362. The minimum absolute atomic E-state index is 0.00746. The molecule has 2 N–H and O–H groups in total. The third kappa shape index (κ3) is 8.59. The van der Waals surface area contributed by atoms with Gasteiger partial charge in [0.2, 0.25) is 5.95 Å². The van der Waals surface area contributed by atoms with Crippen molar-refractivity contribution in [2.75, 3.05) is 37.5 Å². The molecule has 0 amide bonds. The Morgan fingerprint density at radius 1 is 0.861 bits per heavy atom. The van der Waals surface area contributed by atoms with Crippen LogP contribution in [-0.4, -0.2) is 55.4 Å². The number of aromatic nitrogens is 2. The summed E-state index contributed by atoms with van der Waals surface area (Å²) in [7, 11) is 3.99. The Hall–Kier alpha value is -3.00. The summed E-state index contributed by atoms with van der Waals surface area (Å²) in [6.07, 6.45) is 6.21. The second-order valence-corrected chi connectivity index (χ2v) is 9.65. The first-order chi connectivity index (χ1) is 17.7. The number of anilines is 2. The Balaban J connectivity index is 1.22. The van der Waals surface area contributed by atoms with Gasteiger partial charge >= 0.3 is 0 Å². The van der Waals surface area contributed by atoms with Gasteiger partial charge in [0, 0.05) is 38.9 Å². The monoisotopic (exact) mass is 489 g/mol. The predicted octanol–water partition coefficient (Wildman–Crippen LogP) is 4.66. The van der Waals surface area contributed by atoms with E-state index in [2.05, 4.69) is 44.9 Å². The number of benzene rings is 2. The molecule has 0 unspecified atom stereocenters. The van der Waals surface area contributed by atoms with Gasteiger partial charge in [-0.25, -0.2) is 4.98 Å². The van der Waals surface area contributed by atoms with Crippen LogP contribution in [0.5, 0.6) is 0 Å². The number of ether oxygens (including phenoxy) is 2. The van der Waals surface area contributed by atoms with Crippen LogP contribution in [-0.2, 0) is 22.7 Å². The van der Waals surface area contributed by atoms with E-state index in [-0.39, 0.29) is 6.10 Å². The molecule has 1 fully saturated rings. The molecule has 4 rings (SSSR count). The van der Waals surface area contributed by atoms with E-state index in [9.17, 15) is 0 Å². The Morgan fingerprint density at radius 2 is 1.50 bits per heavy atom. The van der Waals surface area contributed by atoms with Crippen LogP contribution in [0.4, 0.5) is 11.8 Å². The SMILES string of the molecule is CN(C)c1ccnc(N[C@H]2CC[C@@H](NC[C@@H](COCc3ccccc3)OCc3ccccc3)CC2)n1. The molecule has 1 aliphatic carbocycles. The molecular formula is C29H39N5O2. The Kier molecular flexibility index (Phi) is 10.1. The van der Waals surface area contributed by atoms with E-state index >= 15 is 0 Å². The minimum Gasteiger partial charge on any atom is -0.374 e. The fraction of sp³-hybridized carbons (Fsp3) is 0.448. The lowest BCUT2D eigenvalue weighted by atomic mass is 9.91. The van der Waals surface area contributed by atoms with Crippen LogP contribution in [0.15, 0.2) is 72.9 Å². The summed E-state index contributed by atoms with van der Waals surface area (Å²) in [5.74, 6) is 1.63. The third-order valence-electron chi connectivity index (χ3n) is 6.54. The molecule has 1 atom stereocenters.